The minimum Gasteiger partial charge on any atom is -0.449 e. The molecular formula is C22H18ClN3O4. The summed E-state index contributed by atoms with van der Waals surface area (Å²) >= 11 is 6.03. The first-order valence-corrected chi connectivity index (χ1v) is 9.96. The van der Waals surface area contributed by atoms with E-state index in [0.717, 1.165) is 23.2 Å². The van der Waals surface area contributed by atoms with E-state index in [9.17, 15) is 9.59 Å². The molecule has 1 amide bonds. The standard InChI is InChI=1S/C22H18ClN3O4/c23-15-7-5-14(6-8-15)17-11-22(17)16-3-1-2-4-18(16)26(20(22)27)10-9-25-12-19(24-13-25)30-21(28)29/h1-8,12-13,17H,9-11H2,(H,28,29)/t17-,22+/m1/s1. The number of imidazole rings is 1. The molecule has 3 aromatic rings. The van der Waals surface area contributed by atoms with Crippen molar-refractivity contribution in [3.63, 3.8) is 0 Å². The molecule has 0 radical (unpaired) electrons. The van der Waals surface area contributed by atoms with Crippen molar-refractivity contribution >= 4 is 29.4 Å². The molecule has 1 aromatic heterocycles. The lowest BCUT2D eigenvalue weighted by molar-refractivity contribution is -0.120. The monoisotopic (exact) mass is 423 g/mol. The van der Waals surface area contributed by atoms with Gasteiger partial charge in [0.2, 0.25) is 11.8 Å². The zero-order chi connectivity index (χ0) is 20.9. The summed E-state index contributed by atoms with van der Waals surface area (Å²) in [5, 5.41) is 9.37. The van der Waals surface area contributed by atoms with Crippen LogP contribution in [0.5, 0.6) is 5.88 Å². The first kappa shape index (κ1) is 18.7. The minimum absolute atomic E-state index is 0.0112. The van der Waals surface area contributed by atoms with Crippen LogP contribution < -0.4 is 9.64 Å². The Balaban J connectivity index is 1.38. The molecule has 5 rings (SSSR count). The second-order valence-electron chi connectivity index (χ2n) is 7.57. The van der Waals surface area contributed by atoms with Gasteiger partial charge in [0.05, 0.1) is 17.9 Å². The zero-order valence-corrected chi connectivity index (χ0v) is 16.6. The zero-order valence-electron chi connectivity index (χ0n) is 15.9. The van der Waals surface area contributed by atoms with Gasteiger partial charge in [0, 0.05) is 29.7 Å². The van der Waals surface area contributed by atoms with Gasteiger partial charge in [0.1, 0.15) is 0 Å². The van der Waals surface area contributed by atoms with Crippen LogP contribution in [0.2, 0.25) is 5.02 Å². The Bertz CT molecular complexity index is 1140. The number of carbonyl (C=O) groups is 2. The normalized spacial score (nSPS) is 21.7. The first-order chi connectivity index (χ1) is 14.5. The number of anilines is 1. The van der Waals surface area contributed by atoms with Gasteiger partial charge in [-0.2, -0.15) is 0 Å². The van der Waals surface area contributed by atoms with E-state index in [0.29, 0.717) is 18.1 Å². The van der Waals surface area contributed by atoms with Crippen LogP contribution in [0.3, 0.4) is 0 Å². The van der Waals surface area contributed by atoms with Crippen molar-refractivity contribution in [1.29, 1.82) is 0 Å². The molecule has 1 saturated carbocycles. The molecule has 0 bridgehead atoms. The topological polar surface area (TPSA) is 84.7 Å². The number of hydrogen-bond donors (Lipinski definition) is 1. The fourth-order valence-electron chi connectivity index (χ4n) is 4.49. The van der Waals surface area contributed by atoms with Crippen molar-refractivity contribution in [2.24, 2.45) is 0 Å². The fourth-order valence-corrected chi connectivity index (χ4v) is 4.61. The highest BCUT2D eigenvalue weighted by Gasteiger charge is 2.66. The molecule has 7 nitrogen and oxygen atoms in total. The second-order valence-corrected chi connectivity index (χ2v) is 8.01. The van der Waals surface area contributed by atoms with Crippen LogP contribution in [-0.2, 0) is 16.8 Å². The number of aromatic nitrogens is 2. The first-order valence-electron chi connectivity index (χ1n) is 9.58. The molecule has 2 heterocycles. The molecule has 0 saturated heterocycles. The van der Waals surface area contributed by atoms with E-state index in [1.54, 1.807) is 4.57 Å². The number of rotatable bonds is 5. The van der Waals surface area contributed by atoms with Crippen LogP contribution in [0, 0.1) is 0 Å². The molecule has 2 aromatic carbocycles. The number of ether oxygens (including phenoxy) is 1. The van der Waals surface area contributed by atoms with E-state index < -0.39 is 11.6 Å². The lowest BCUT2D eigenvalue weighted by Gasteiger charge is -2.18. The van der Waals surface area contributed by atoms with Crippen molar-refractivity contribution < 1.29 is 19.4 Å². The highest BCUT2D eigenvalue weighted by atomic mass is 35.5. The Morgan fingerprint density at radius 2 is 1.97 bits per heavy atom. The summed E-state index contributed by atoms with van der Waals surface area (Å²) < 4.78 is 6.26. The van der Waals surface area contributed by atoms with Crippen LogP contribution >= 0.6 is 11.6 Å². The summed E-state index contributed by atoms with van der Waals surface area (Å²) in [6, 6.07) is 15.6. The number of halogens is 1. The quantitative estimate of drug-likeness (QED) is 0.625. The van der Waals surface area contributed by atoms with Crippen molar-refractivity contribution in [2.45, 2.75) is 24.3 Å². The van der Waals surface area contributed by atoms with E-state index in [-0.39, 0.29) is 17.7 Å². The summed E-state index contributed by atoms with van der Waals surface area (Å²) in [7, 11) is 0. The summed E-state index contributed by atoms with van der Waals surface area (Å²) in [4.78, 5) is 29.9. The van der Waals surface area contributed by atoms with Gasteiger partial charge < -0.3 is 19.3 Å². The van der Waals surface area contributed by atoms with Gasteiger partial charge in [-0.25, -0.2) is 9.78 Å². The summed E-state index contributed by atoms with van der Waals surface area (Å²) in [6.07, 6.45) is 2.37. The number of benzene rings is 2. The van der Waals surface area contributed by atoms with Gasteiger partial charge in [-0.05, 0) is 35.7 Å². The van der Waals surface area contributed by atoms with Gasteiger partial charge in [-0.1, -0.05) is 41.9 Å². The van der Waals surface area contributed by atoms with E-state index in [1.807, 2.05) is 53.4 Å². The number of carboxylic acid groups (broad SMARTS) is 1. The Kier molecular flexibility index (Phi) is 4.29. The van der Waals surface area contributed by atoms with Crippen LogP contribution in [0.4, 0.5) is 10.5 Å². The molecule has 1 N–H and O–H groups in total. The molecule has 1 aliphatic heterocycles. The molecule has 1 fully saturated rings. The van der Waals surface area contributed by atoms with Crippen LogP contribution in [0.15, 0.2) is 61.1 Å². The van der Waals surface area contributed by atoms with Crippen molar-refractivity contribution in [3.8, 4) is 5.88 Å². The molecule has 152 valence electrons. The van der Waals surface area contributed by atoms with Crippen LogP contribution in [0.25, 0.3) is 0 Å². The highest BCUT2D eigenvalue weighted by Crippen LogP contribution is 2.66. The largest absolute Gasteiger partial charge is 0.512 e. The Hall–Kier alpha value is -3.32. The third kappa shape index (κ3) is 2.93. The molecular weight excluding hydrogens is 406 g/mol. The number of amides is 1. The highest BCUT2D eigenvalue weighted by molar-refractivity contribution is 6.30. The molecule has 1 aliphatic carbocycles. The van der Waals surface area contributed by atoms with E-state index >= 15 is 0 Å². The Morgan fingerprint density at radius 3 is 2.73 bits per heavy atom. The number of hydrogen-bond acceptors (Lipinski definition) is 4. The Labute approximate surface area is 177 Å². The number of nitrogens with zero attached hydrogens (tertiary/aromatic N) is 3. The lowest BCUT2D eigenvalue weighted by Crippen LogP contribution is -2.35. The minimum atomic E-state index is -1.41. The maximum atomic E-state index is 13.5. The fraction of sp³-hybridized carbons (Fsp3) is 0.227. The van der Waals surface area contributed by atoms with Gasteiger partial charge >= 0.3 is 6.16 Å². The number of para-hydroxylation sites is 1. The van der Waals surface area contributed by atoms with Crippen LogP contribution in [0.1, 0.15) is 23.5 Å². The van der Waals surface area contributed by atoms with Crippen molar-refractivity contribution in [3.05, 3.63) is 77.2 Å². The predicted octanol–water partition coefficient (Wildman–Crippen LogP) is 4.07. The Morgan fingerprint density at radius 1 is 1.20 bits per heavy atom. The number of carbonyl (C=O) groups excluding carboxylic acids is 1. The van der Waals surface area contributed by atoms with Gasteiger partial charge in [0.15, 0.2) is 0 Å². The average molecular weight is 424 g/mol. The molecule has 2 aliphatic rings. The average Bonchev–Trinajstić information content (AvgIpc) is 3.25. The molecule has 2 atom stereocenters. The SMILES string of the molecule is O=C(O)Oc1cn(CCN2C(=O)[C@@]3(C[C@@H]3c3ccc(Cl)cc3)c3ccccc32)cn1. The molecule has 30 heavy (non-hydrogen) atoms. The van der Waals surface area contributed by atoms with Gasteiger partial charge in [0.25, 0.3) is 0 Å². The lowest BCUT2D eigenvalue weighted by atomic mass is 9.92. The predicted molar refractivity (Wildman–Crippen MR) is 110 cm³/mol. The maximum absolute atomic E-state index is 13.5. The van der Waals surface area contributed by atoms with Crippen molar-refractivity contribution in [1.82, 2.24) is 9.55 Å². The third-order valence-corrected chi connectivity index (χ3v) is 6.17. The van der Waals surface area contributed by atoms with Gasteiger partial charge in [-0.3, -0.25) is 4.79 Å². The molecule has 8 heteroatoms. The summed E-state index contributed by atoms with van der Waals surface area (Å²) in [5.74, 6) is 0.250. The smallest absolute Gasteiger partial charge is 0.449 e. The molecule has 0 unspecified atom stereocenters. The summed E-state index contributed by atoms with van der Waals surface area (Å²) in [6.45, 7) is 0.922. The van der Waals surface area contributed by atoms with E-state index in [2.05, 4.69) is 9.72 Å². The van der Waals surface area contributed by atoms with Gasteiger partial charge in [-0.15, -0.1) is 0 Å². The van der Waals surface area contributed by atoms with E-state index in [4.69, 9.17) is 16.7 Å². The summed E-state index contributed by atoms with van der Waals surface area (Å²) in [5.41, 5.74) is 2.60. The second kappa shape index (κ2) is 6.88. The molecule has 1 spiro atoms. The van der Waals surface area contributed by atoms with Crippen LogP contribution in [-0.4, -0.2) is 33.3 Å². The van der Waals surface area contributed by atoms with Crippen molar-refractivity contribution in [2.75, 3.05) is 11.4 Å². The van der Waals surface area contributed by atoms with E-state index in [1.165, 1.54) is 12.5 Å². The third-order valence-electron chi connectivity index (χ3n) is 5.92. The number of fused-ring (bicyclic) bond motifs is 2. The maximum Gasteiger partial charge on any atom is 0.512 e.